The molecule has 0 spiro atoms. The maximum atomic E-state index is 11.1. The number of hydrogen-bond acceptors (Lipinski definition) is 7. The molecule has 3 aromatic carbocycles. The first-order valence-corrected chi connectivity index (χ1v) is 16.6. The molecule has 51 heavy (non-hydrogen) atoms. The van der Waals surface area contributed by atoms with Gasteiger partial charge in [0.05, 0.1) is 27.9 Å². The second kappa shape index (κ2) is 14.6. The van der Waals surface area contributed by atoms with E-state index in [2.05, 4.69) is 62.4 Å². The minimum atomic E-state index is 0.0903. The van der Waals surface area contributed by atoms with Crippen LogP contribution in [0.2, 0.25) is 0 Å². The molecule has 0 aliphatic rings. The maximum absolute atomic E-state index is 11.1. The number of pyridine rings is 3. The van der Waals surface area contributed by atoms with E-state index in [1.807, 2.05) is 111 Å². The van der Waals surface area contributed by atoms with Crippen molar-refractivity contribution in [1.29, 1.82) is 0 Å². The highest BCUT2D eigenvalue weighted by molar-refractivity contribution is 5.97. The van der Waals surface area contributed by atoms with E-state index < -0.39 is 0 Å². The van der Waals surface area contributed by atoms with Gasteiger partial charge >= 0.3 is 0 Å². The van der Waals surface area contributed by atoms with E-state index in [1.165, 1.54) is 0 Å². The summed E-state index contributed by atoms with van der Waals surface area (Å²) >= 11 is 0. The number of benzene rings is 3. The van der Waals surface area contributed by atoms with Gasteiger partial charge in [-0.1, -0.05) is 30.3 Å². The van der Waals surface area contributed by atoms with Crippen LogP contribution >= 0.6 is 0 Å². The number of nitrogens with zero attached hydrogens (tertiary/aromatic N) is 7. The largest absolute Gasteiger partial charge is 0.296 e. The first kappa shape index (κ1) is 34.5. The Labute approximate surface area is 296 Å². The molecule has 5 aromatic heterocycles. The first-order chi connectivity index (χ1) is 24.5. The summed E-state index contributed by atoms with van der Waals surface area (Å²) < 4.78 is 3.75. The summed E-state index contributed by atoms with van der Waals surface area (Å²) in [5, 5.41) is 12.1. The Morgan fingerprint density at radius 2 is 1.00 bits per heavy atom. The Hall–Kier alpha value is -6.35. The molecule has 0 saturated carbocycles. The smallest absolute Gasteiger partial charge is 0.168 e. The summed E-state index contributed by atoms with van der Waals surface area (Å²) in [6, 6.07) is 33.7. The highest BCUT2D eigenvalue weighted by Gasteiger charge is 2.08. The number of rotatable bonds is 4. The zero-order valence-corrected chi connectivity index (χ0v) is 29.8. The van der Waals surface area contributed by atoms with Gasteiger partial charge in [-0.25, -0.2) is 4.98 Å². The third kappa shape index (κ3) is 7.94. The monoisotopic (exact) mass is 673 g/mol. The maximum Gasteiger partial charge on any atom is 0.168 e. The van der Waals surface area contributed by atoms with Gasteiger partial charge < -0.3 is 0 Å². The van der Waals surface area contributed by atoms with Gasteiger partial charge in [-0.2, -0.15) is 10.2 Å². The fraction of sp³-hybridized carbons (Fsp3) is 0.167. The van der Waals surface area contributed by atoms with E-state index >= 15 is 0 Å². The van der Waals surface area contributed by atoms with E-state index in [9.17, 15) is 9.59 Å². The van der Waals surface area contributed by atoms with Gasteiger partial charge in [0.15, 0.2) is 12.1 Å². The van der Waals surface area contributed by atoms with Gasteiger partial charge in [-0.15, -0.1) is 0 Å². The molecular weight excluding hydrogens is 635 g/mol. The molecule has 0 unspecified atom stereocenters. The molecule has 0 fully saturated rings. The van der Waals surface area contributed by atoms with Crippen molar-refractivity contribution in [3.05, 3.63) is 137 Å². The molecule has 8 rings (SSSR count). The average molecular weight is 674 g/mol. The van der Waals surface area contributed by atoms with Crippen LogP contribution in [0.4, 0.5) is 0 Å². The molecule has 0 bridgehead atoms. The molecule has 0 aliphatic carbocycles. The van der Waals surface area contributed by atoms with Gasteiger partial charge in [0.2, 0.25) is 0 Å². The molecule has 9 heteroatoms. The Balaban J connectivity index is 0.000000133. The Bertz CT molecular complexity index is 2520. The highest BCUT2D eigenvalue weighted by Crippen LogP contribution is 2.25. The predicted octanol–water partition coefficient (Wildman–Crippen LogP) is 8.75. The van der Waals surface area contributed by atoms with E-state index in [1.54, 1.807) is 13.0 Å². The number of carbonyl (C=O) groups is 2. The predicted molar refractivity (Wildman–Crippen MR) is 204 cm³/mol. The fourth-order valence-corrected chi connectivity index (χ4v) is 5.60. The van der Waals surface area contributed by atoms with Crippen LogP contribution in [0.25, 0.3) is 55.2 Å². The Morgan fingerprint density at radius 3 is 1.45 bits per heavy atom. The SMILES string of the molecule is CC(=O)c1ccc2nc(C)ccc2c1.Cc1cc(-c2ccc3nc(C=O)ccc3c2)nn1C.Cc1ccc2cc(-c3cc(C)n(C)n3)ccc2n1. The zero-order valence-electron chi connectivity index (χ0n) is 29.8. The molecule has 5 heterocycles. The van der Waals surface area contributed by atoms with Crippen molar-refractivity contribution < 1.29 is 9.59 Å². The van der Waals surface area contributed by atoms with Gasteiger partial charge in [-0.05, 0) is 107 Å². The zero-order chi connectivity index (χ0) is 36.2. The molecule has 254 valence electrons. The minimum absolute atomic E-state index is 0.0903. The fourth-order valence-electron chi connectivity index (χ4n) is 5.60. The molecule has 9 nitrogen and oxygen atoms in total. The van der Waals surface area contributed by atoms with E-state index in [-0.39, 0.29) is 5.78 Å². The molecule has 0 radical (unpaired) electrons. The third-order valence-electron chi connectivity index (χ3n) is 8.71. The lowest BCUT2D eigenvalue weighted by Crippen LogP contribution is -1.92. The number of fused-ring (bicyclic) bond motifs is 3. The summed E-state index contributed by atoms with van der Waals surface area (Å²) in [7, 11) is 3.89. The van der Waals surface area contributed by atoms with Crippen molar-refractivity contribution in [1.82, 2.24) is 34.5 Å². The highest BCUT2D eigenvalue weighted by atomic mass is 16.1. The summed E-state index contributed by atoms with van der Waals surface area (Å²) in [6.07, 6.45) is 0.759. The van der Waals surface area contributed by atoms with Crippen molar-refractivity contribution in [3.8, 4) is 22.5 Å². The number of Topliss-reactive ketones (excluding diaryl/α,β-unsaturated/α-hetero) is 1. The molecule has 0 atom stereocenters. The number of aromatic nitrogens is 7. The molecule has 8 aromatic rings. The van der Waals surface area contributed by atoms with Crippen LogP contribution < -0.4 is 0 Å². The van der Waals surface area contributed by atoms with Crippen molar-refractivity contribution >= 4 is 44.8 Å². The second-order valence-corrected chi connectivity index (χ2v) is 12.6. The van der Waals surface area contributed by atoms with E-state index in [0.29, 0.717) is 5.69 Å². The van der Waals surface area contributed by atoms with E-state index in [0.717, 1.165) is 89.8 Å². The molecule has 0 saturated heterocycles. The Kier molecular flexibility index (Phi) is 9.91. The summed E-state index contributed by atoms with van der Waals surface area (Å²) in [5.74, 6) is 0.0903. The number of hydrogen-bond donors (Lipinski definition) is 0. The topological polar surface area (TPSA) is 108 Å². The van der Waals surface area contributed by atoms with E-state index in [4.69, 9.17) is 0 Å². The number of ketones is 1. The second-order valence-electron chi connectivity index (χ2n) is 12.6. The number of aldehydes is 1. The third-order valence-corrected chi connectivity index (χ3v) is 8.71. The quantitative estimate of drug-likeness (QED) is 0.136. The summed E-state index contributed by atoms with van der Waals surface area (Å²) in [5.41, 5.74) is 12.4. The van der Waals surface area contributed by atoms with Gasteiger partial charge in [0.1, 0.15) is 5.69 Å². The molecular formula is C42H39N7O2. The summed E-state index contributed by atoms with van der Waals surface area (Å²) in [6.45, 7) is 9.62. The van der Waals surface area contributed by atoms with Crippen molar-refractivity contribution in [2.24, 2.45) is 14.1 Å². The lowest BCUT2D eigenvalue weighted by atomic mass is 10.1. The minimum Gasteiger partial charge on any atom is -0.296 e. The number of aryl methyl sites for hydroxylation is 6. The van der Waals surface area contributed by atoms with Gasteiger partial charge in [0, 0.05) is 69.7 Å². The van der Waals surface area contributed by atoms with Crippen LogP contribution in [-0.2, 0) is 14.1 Å². The standard InChI is InChI=1S/C15H13N3O.C15H15N3.C12H11NO/c1-10-7-15(17-18(10)2)12-4-6-14-11(8-12)3-5-13(9-19)16-14;1-10-4-5-12-9-13(6-7-14(12)16-10)15-8-11(2)18(3)17-15;1-8-3-4-11-7-10(9(2)14)5-6-12(11)13-8/h3-9H,1-2H3;4-9H,1-3H3;3-7H,1-2H3. The van der Waals surface area contributed by atoms with Crippen LogP contribution in [-0.4, -0.2) is 46.6 Å². The van der Waals surface area contributed by atoms with Crippen LogP contribution in [0, 0.1) is 27.7 Å². The average Bonchev–Trinajstić information content (AvgIpc) is 3.66. The lowest BCUT2D eigenvalue weighted by Gasteiger charge is -2.01. The van der Waals surface area contributed by atoms with Crippen LogP contribution in [0.3, 0.4) is 0 Å². The number of carbonyl (C=O) groups excluding carboxylic acids is 2. The van der Waals surface area contributed by atoms with Crippen molar-refractivity contribution in [3.63, 3.8) is 0 Å². The van der Waals surface area contributed by atoms with Crippen molar-refractivity contribution in [2.45, 2.75) is 34.6 Å². The Morgan fingerprint density at radius 1 is 0.549 bits per heavy atom. The molecule has 0 amide bonds. The normalized spacial score (nSPS) is 10.8. The lowest BCUT2D eigenvalue weighted by molar-refractivity contribution is 0.101. The van der Waals surface area contributed by atoms with Gasteiger partial charge in [-0.3, -0.25) is 28.9 Å². The summed E-state index contributed by atoms with van der Waals surface area (Å²) in [4.78, 5) is 35.0. The van der Waals surface area contributed by atoms with Gasteiger partial charge in [0.25, 0.3) is 0 Å². The van der Waals surface area contributed by atoms with Crippen LogP contribution in [0.5, 0.6) is 0 Å². The molecule has 0 N–H and O–H groups in total. The first-order valence-electron chi connectivity index (χ1n) is 16.6. The van der Waals surface area contributed by atoms with Crippen LogP contribution in [0.1, 0.15) is 50.5 Å². The molecule has 0 aliphatic heterocycles. The van der Waals surface area contributed by atoms with Crippen molar-refractivity contribution in [2.75, 3.05) is 0 Å². The van der Waals surface area contributed by atoms with Crippen LogP contribution in [0.15, 0.2) is 103 Å².